The summed E-state index contributed by atoms with van der Waals surface area (Å²) < 4.78 is 0. The molecule has 0 radical (unpaired) electrons. The van der Waals surface area contributed by atoms with E-state index < -0.39 is 0 Å². The first-order valence-corrected chi connectivity index (χ1v) is 3.63. The third-order valence-corrected chi connectivity index (χ3v) is 2.30. The van der Waals surface area contributed by atoms with Crippen LogP contribution in [0.1, 0.15) is 26.7 Å². The van der Waals surface area contributed by atoms with Crippen molar-refractivity contribution in [2.75, 3.05) is 0 Å². The summed E-state index contributed by atoms with van der Waals surface area (Å²) in [6, 6.07) is 2.29. The fourth-order valence-electron chi connectivity index (χ4n) is 1.31. The quantitative estimate of drug-likeness (QED) is 0.524. The lowest BCUT2D eigenvalue weighted by molar-refractivity contribution is 0.182. The van der Waals surface area contributed by atoms with Crippen molar-refractivity contribution < 1.29 is 0 Å². The lowest BCUT2D eigenvalue weighted by atomic mass is 9.70. The van der Waals surface area contributed by atoms with E-state index in [1.54, 1.807) is 0 Å². The van der Waals surface area contributed by atoms with E-state index in [9.17, 15) is 0 Å². The Balaban J connectivity index is 2.21. The van der Waals surface area contributed by atoms with Crippen molar-refractivity contribution in [3.05, 3.63) is 0 Å². The molecular formula is C8H13N. The van der Waals surface area contributed by atoms with E-state index in [2.05, 4.69) is 19.9 Å². The number of nitriles is 1. The molecule has 0 spiro atoms. The Morgan fingerprint density at radius 1 is 1.44 bits per heavy atom. The predicted octanol–water partition coefficient (Wildman–Crippen LogP) is 2.19. The van der Waals surface area contributed by atoms with Crippen molar-refractivity contribution in [3.63, 3.8) is 0 Å². The summed E-state index contributed by atoms with van der Waals surface area (Å²) in [7, 11) is 0. The van der Waals surface area contributed by atoms with Crippen molar-refractivity contribution in [2.24, 2.45) is 17.8 Å². The van der Waals surface area contributed by atoms with Gasteiger partial charge < -0.3 is 0 Å². The van der Waals surface area contributed by atoms with E-state index >= 15 is 0 Å². The van der Waals surface area contributed by atoms with Gasteiger partial charge in [-0.05, 0) is 24.7 Å². The molecule has 1 aliphatic rings. The van der Waals surface area contributed by atoms with Crippen LogP contribution in [0.3, 0.4) is 0 Å². The molecule has 0 aromatic carbocycles. The topological polar surface area (TPSA) is 23.8 Å². The maximum absolute atomic E-state index is 8.44. The van der Waals surface area contributed by atoms with E-state index in [1.165, 1.54) is 0 Å². The number of hydrogen-bond donors (Lipinski definition) is 0. The van der Waals surface area contributed by atoms with Crippen molar-refractivity contribution in [2.45, 2.75) is 26.7 Å². The van der Waals surface area contributed by atoms with Gasteiger partial charge in [0.05, 0.1) is 6.07 Å². The van der Waals surface area contributed by atoms with E-state index in [-0.39, 0.29) is 0 Å². The van der Waals surface area contributed by atoms with Gasteiger partial charge in [0, 0.05) is 5.92 Å². The van der Waals surface area contributed by atoms with Gasteiger partial charge >= 0.3 is 0 Å². The summed E-state index contributed by atoms with van der Waals surface area (Å²) in [4.78, 5) is 0. The molecule has 0 bridgehead atoms. The molecule has 0 aromatic heterocycles. The first kappa shape index (κ1) is 6.61. The number of hydrogen-bond acceptors (Lipinski definition) is 1. The van der Waals surface area contributed by atoms with Gasteiger partial charge in [0.25, 0.3) is 0 Å². The Morgan fingerprint density at radius 3 is 2.33 bits per heavy atom. The molecule has 0 amide bonds. The van der Waals surface area contributed by atoms with E-state index in [4.69, 9.17) is 5.26 Å². The first-order chi connectivity index (χ1) is 4.24. The molecule has 9 heavy (non-hydrogen) atoms. The summed E-state index contributed by atoms with van der Waals surface area (Å²) in [5, 5.41) is 8.44. The molecular weight excluding hydrogens is 110 g/mol. The average molecular weight is 123 g/mol. The van der Waals surface area contributed by atoms with Gasteiger partial charge in [0.1, 0.15) is 0 Å². The molecule has 0 aromatic rings. The van der Waals surface area contributed by atoms with Crippen molar-refractivity contribution in [1.29, 1.82) is 5.26 Å². The fourth-order valence-corrected chi connectivity index (χ4v) is 1.31. The van der Waals surface area contributed by atoms with Gasteiger partial charge in [-0.2, -0.15) is 5.26 Å². The SMILES string of the molecule is CC(C)C1CC(C#N)C1. The molecule has 0 aliphatic heterocycles. The molecule has 1 nitrogen and oxygen atoms in total. The standard InChI is InChI=1S/C8H13N/c1-6(2)8-3-7(4-8)5-9/h6-8H,3-4H2,1-2H3. The van der Waals surface area contributed by atoms with Gasteiger partial charge in [0.15, 0.2) is 0 Å². The van der Waals surface area contributed by atoms with Crippen LogP contribution in [-0.2, 0) is 0 Å². The molecule has 0 N–H and O–H groups in total. The van der Waals surface area contributed by atoms with Gasteiger partial charge in [-0.3, -0.25) is 0 Å². The molecule has 1 rings (SSSR count). The van der Waals surface area contributed by atoms with Crippen LogP contribution in [0.2, 0.25) is 0 Å². The highest BCUT2D eigenvalue weighted by atomic mass is 14.4. The third kappa shape index (κ3) is 1.24. The highest BCUT2D eigenvalue weighted by Crippen LogP contribution is 2.37. The minimum absolute atomic E-state index is 0.386. The van der Waals surface area contributed by atoms with Gasteiger partial charge in [0.2, 0.25) is 0 Å². The zero-order valence-electron chi connectivity index (χ0n) is 6.09. The van der Waals surface area contributed by atoms with Crippen LogP contribution in [0.15, 0.2) is 0 Å². The molecule has 1 fully saturated rings. The molecule has 1 heteroatoms. The Labute approximate surface area is 56.7 Å². The smallest absolute Gasteiger partial charge is 0.0655 e. The van der Waals surface area contributed by atoms with Crippen LogP contribution in [0, 0.1) is 29.1 Å². The lowest BCUT2D eigenvalue weighted by Gasteiger charge is -2.33. The minimum atomic E-state index is 0.386. The normalized spacial score (nSPS) is 33.6. The van der Waals surface area contributed by atoms with E-state index in [0.717, 1.165) is 24.7 Å². The summed E-state index contributed by atoms with van der Waals surface area (Å²) in [6.07, 6.45) is 2.29. The molecule has 0 unspecified atom stereocenters. The Bertz CT molecular complexity index is 126. The largest absolute Gasteiger partial charge is 0.198 e. The predicted molar refractivity (Wildman–Crippen MR) is 36.7 cm³/mol. The highest BCUT2D eigenvalue weighted by molar-refractivity contribution is 4.94. The zero-order valence-corrected chi connectivity index (χ0v) is 6.09. The number of rotatable bonds is 1. The molecule has 0 heterocycles. The minimum Gasteiger partial charge on any atom is -0.198 e. The second-order valence-electron chi connectivity index (χ2n) is 3.30. The van der Waals surface area contributed by atoms with Crippen molar-refractivity contribution >= 4 is 0 Å². The Hall–Kier alpha value is -0.510. The van der Waals surface area contributed by atoms with E-state index in [0.29, 0.717) is 5.92 Å². The second-order valence-corrected chi connectivity index (χ2v) is 3.30. The zero-order chi connectivity index (χ0) is 6.85. The summed E-state index contributed by atoms with van der Waals surface area (Å²) in [5.74, 6) is 2.02. The van der Waals surface area contributed by atoms with Gasteiger partial charge in [-0.25, -0.2) is 0 Å². The molecule has 0 saturated heterocycles. The Kier molecular flexibility index (Phi) is 1.75. The highest BCUT2D eigenvalue weighted by Gasteiger charge is 2.30. The monoisotopic (exact) mass is 123 g/mol. The summed E-state index contributed by atoms with van der Waals surface area (Å²) in [6.45, 7) is 4.47. The number of nitrogens with zero attached hydrogens (tertiary/aromatic N) is 1. The van der Waals surface area contributed by atoms with Crippen LogP contribution in [0.25, 0.3) is 0 Å². The van der Waals surface area contributed by atoms with Gasteiger partial charge in [-0.15, -0.1) is 0 Å². The fraction of sp³-hybridized carbons (Fsp3) is 0.875. The van der Waals surface area contributed by atoms with Crippen LogP contribution in [-0.4, -0.2) is 0 Å². The molecule has 1 saturated carbocycles. The molecule has 1 aliphatic carbocycles. The molecule has 50 valence electrons. The van der Waals surface area contributed by atoms with Crippen LogP contribution in [0.4, 0.5) is 0 Å². The van der Waals surface area contributed by atoms with E-state index in [1.807, 2.05) is 0 Å². The Morgan fingerprint density at radius 2 is 2.00 bits per heavy atom. The van der Waals surface area contributed by atoms with Crippen molar-refractivity contribution in [3.8, 4) is 6.07 Å². The van der Waals surface area contributed by atoms with Crippen LogP contribution < -0.4 is 0 Å². The third-order valence-electron chi connectivity index (χ3n) is 2.30. The maximum Gasteiger partial charge on any atom is 0.0655 e. The summed E-state index contributed by atoms with van der Waals surface area (Å²) in [5.41, 5.74) is 0. The second kappa shape index (κ2) is 2.39. The van der Waals surface area contributed by atoms with Crippen molar-refractivity contribution in [1.82, 2.24) is 0 Å². The molecule has 0 atom stereocenters. The summed E-state index contributed by atoms with van der Waals surface area (Å²) >= 11 is 0. The average Bonchev–Trinajstić information content (AvgIpc) is 1.61. The van der Waals surface area contributed by atoms with Crippen LogP contribution >= 0.6 is 0 Å². The maximum atomic E-state index is 8.44. The van der Waals surface area contributed by atoms with Gasteiger partial charge in [-0.1, -0.05) is 13.8 Å². The lowest BCUT2D eigenvalue weighted by Crippen LogP contribution is -2.26. The van der Waals surface area contributed by atoms with Crippen LogP contribution in [0.5, 0.6) is 0 Å². The first-order valence-electron chi connectivity index (χ1n) is 3.63.